The van der Waals surface area contributed by atoms with Gasteiger partial charge in [-0.1, -0.05) is 6.92 Å². The first-order chi connectivity index (χ1) is 13.8. The number of carbonyl (C=O) groups is 2. The molecule has 0 saturated carbocycles. The van der Waals surface area contributed by atoms with Gasteiger partial charge in [-0.25, -0.2) is 4.79 Å². The van der Waals surface area contributed by atoms with Crippen LogP contribution in [0.1, 0.15) is 45.9 Å². The number of hydrogen-bond acceptors (Lipinski definition) is 5. The number of carbonyl (C=O) groups excluding carboxylic acids is 2. The van der Waals surface area contributed by atoms with Crippen molar-refractivity contribution in [3.8, 4) is 0 Å². The van der Waals surface area contributed by atoms with Crippen LogP contribution in [0.2, 0.25) is 0 Å². The van der Waals surface area contributed by atoms with Gasteiger partial charge in [-0.15, -0.1) is 0 Å². The fraction of sp³-hybridized carbons (Fsp3) is 0.684. The summed E-state index contributed by atoms with van der Waals surface area (Å²) in [6.45, 7) is 11.9. The molecule has 0 aromatic carbocycles. The molecule has 1 aromatic rings. The predicted octanol–water partition coefficient (Wildman–Crippen LogP) is 2.14. The molecule has 10 heteroatoms. The molecule has 2 amide bonds. The van der Waals surface area contributed by atoms with E-state index < -0.39 is 6.04 Å². The lowest BCUT2D eigenvalue weighted by atomic mass is 10.2. The average molecular weight is 425 g/mol. The predicted molar refractivity (Wildman–Crippen MR) is 116 cm³/mol. The fourth-order valence-electron chi connectivity index (χ4n) is 2.99. The maximum absolute atomic E-state index is 12.9. The van der Waals surface area contributed by atoms with Gasteiger partial charge in [0.25, 0.3) is 0 Å². The van der Waals surface area contributed by atoms with E-state index in [4.69, 9.17) is 17.0 Å². The van der Waals surface area contributed by atoms with Crippen molar-refractivity contribution in [3.63, 3.8) is 0 Å². The Morgan fingerprint density at radius 3 is 2.41 bits per heavy atom. The van der Waals surface area contributed by atoms with Gasteiger partial charge in [0.15, 0.2) is 5.11 Å². The minimum absolute atomic E-state index is 0.0251. The Labute approximate surface area is 177 Å². The van der Waals surface area contributed by atoms with Gasteiger partial charge in [0.05, 0.1) is 18.0 Å². The van der Waals surface area contributed by atoms with Gasteiger partial charge >= 0.3 is 6.09 Å². The molecule has 0 spiro atoms. The second-order valence-electron chi connectivity index (χ2n) is 7.20. The number of piperazine rings is 1. The quantitative estimate of drug-likeness (QED) is 0.676. The van der Waals surface area contributed by atoms with Crippen molar-refractivity contribution < 1.29 is 14.3 Å². The molecule has 1 fully saturated rings. The molecule has 0 aliphatic carbocycles. The van der Waals surface area contributed by atoms with E-state index >= 15 is 0 Å². The Morgan fingerprint density at radius 1 is 1.21 bits per heavy atom. The zero-order chi connectivity index (χ0) is 21.6. The van der Waals surface area contributed by atoms with Crippen LogP contribution < -0.4 is 10.6 Å². The molecule has 1 aliphatic heterocycles. The third-order valence-electron chi connectivity index (χ3n) is 5.03. The van der Waals surface area contributed by atoms with Crippen LogP contribution in [0.25, 0.3) is 0 Å². The summed E-state index contributed by atoms with van der Waals surface area (Å²) in [5.41, 5.74) is 1.54. The van der Waals surface area contributed by atoms with Crippen molar-refractivity contribution >= 4 is 35.0 Å². The van der Waals surface area contributed by atoms with Crippen molar-refractivity contribution in [2.75, 3.05) is 38.1 Å². The van der Waals surface area contributed by atoms with E-state index in [2.05, 4.69) is 29.6 Å². The summed E-state index contributed by atoms with van der Waals surface area (Å²) >= 11 is 5.34. The zero-order valence-electron chi connectivity index (χ0n) is 17.9. The summed E-state index contributed by atoms with van der Waals surface area (Å²) in [6.07, 6.45) is 2.44. The Morgan fingerprint density at radius 2 is 1.83 bits per heavy atom. The molecule has 2 rings (SSSR count). The van der Waals surface area contributed by atoms with Crippen molar-refractivity contribution in [2.24, 2.45) is 0 Å². The lowest BCUT2D eigenvalue weighted by Crippen LogP contribution is -2.52. The van der Waals surface area contributed by atoms with Crippen LogP contribution in [0.5, 0.6) is 0 Å². The van der Waals surface area contributed by atoms with Crippen molar-refractivity contribution in [1.29, 1.82) is 0 Å². The van der Waals surface area contributed by atoms with E-state index in [1.807, 2.05) is 13.8 Å². The number of rotatable bonds is 6. The van der Waals surface area contributed by atoms with Gasteiger partial charge in [0, 0.05) is 38.4 Å². The highest BCUT2D eigenvalue weighted by molar-refractivity contribution is 7.80. The first kappa shape index (κ1) is 22.9. The maximum atomic E-state index is 12.9. The summed E-state index contributed by atoms with van der Waals surface area (Å²) in [7, 11) is 0. The van der Waals surface area contributed by atoms with Crippen LogP contribution in [0.4, 0.5) is 10.5 Å². The number of amides is 2. The third kappa shape index (κ3) is 6.06. The number of nitrogens with one attached hydrogen (secondary N) is 2. The van der Waals surface area contributed by atoms with E-state index in [1.165, 1.54) is 0 Å². The van der Waals surface area contributed by atoms with Gasteiger partial charge in [0.2, 0.25) is 5.91 Å². The topological polar surface area (TPSA) is 91.7 Å². The van der Waals surface area contributed by atoms with Gasteiger partial charge < -0.3 is 25.2 Å². The molecule has 1 saturated heterocycles. The van der Waals surface area contributed by atoms with Gasteiger partial charge in [-0.05, 0) is 46.3 Å². The van der Waals surface area contributed by atoms with Crippen LogP contribution in [0.15, 0.2) is 6.20 Å². The number of thiocarbonyl (C=S) groups is 1. The van der Waals surface area contributed by atoms with Gasteiger partial charge in [0.1, 0.15) is 6.04 Å². The lowest BCUT2D eigenvalue weighted by molar-refractivity contribution is -0.136. The Bertz CT molecular complexity index is 730. The Kier molecular flexibility index (Phi) is 8.24. The normalized spacial score (nSPS) is 16.2. The first-order valence-electron chi connectivity index (χ1n) is 10.1. The highest BCUT2D eigenvalue weighted by atomic mass is 32.1. The number of anilines is 1. The molecule has 1 aromatic heterocycles. The highest BCUT2D eigenvalue weighted by Crippen LogP contribution is 2.18. The molecule has 29 heavy (non-hydrogen) atoms. The Hall–Kier alpha value is -2.36. The van der Waals surface area contributed by atoms with Crippen LogP contribution in [0, 0.1) is 6.92 Å². The summed E-state index contributed by atoms with van der Waals surface area (Å²) in [6, 6.07) is -0.173. The van der Waals surface area contributed by atoms with E-state index in [-0.39, 0.29) is 18.0 Å². The van der Waals surface area contributed by atoms with Crippen LogP contribution in [-0.4, -0.2) is 75.5 Å². The molecule has 162 valence electrons. The highest BCUT2D eigenvalue weighted by Gasteiger charge is 2.28. The summed E-state index contributed by atoms with van der Waals surface area (Å²) < 4.78 is 6.68. The summed E-state index contributed by atoms with van der Waals surface area (Å²) in [5.74, 6) is -0.0251. The first-order valence-corrected chi connectivity index (χ1v) is 10.5. The number of nitrogens with zero attached hydrogens (tertiary/aromatic N) is 4. The molecule has 2 heterocycles. The van der Waals surface area contributed by atoms with Crippen molar-refractivity contribution in [3.05, 3.63) is 11.9 Å². The standard InChI is InChI=1S/C19H32N6O3S/c1-6-13(3)20-18(29)21-16-12-25(22-14(16)4)15(5)17(26)23-8-10-24(11-9-23)19(27)28-7-2/h12-13,15H,6-11H2,1-5H3,(H2,20,21,29). The second-order valence-corrected chi connectivity index (χ2v) is 7.61. The van der Waals surface area contributed by atoms with Gasteiger partial charge in [-0.3, -0.25) is 9.48 Å². The molecule has 2 unspecified atom stereocenters. The van der Waals surface area contributed by atoms with E-state index in [0.717, 1.165) is 17.8 Å². The molecular formula is C19H32N6O3S. The van der Waals surface area contributed by atoms with E-state index in [0.29, 0.717) is 37.9 Å². The van der Waals surface area contributed by atoms with Crippen LogP contribution in [0.3, 0.4) is 0 Å². The average Bonchev–Trinajstić information content (AvgIpc) is 3.07. The van der Waals surface area contributed by atoms with E-state index in [1.54, 1.807) is 27.6 Å². The number of aromatic nitrogens is 2. The summed E-state index contributed by atoms with van der Waals surface area (Å²) in [5, 5.41) is 11.4. The molecule has 1 aliphatic rings. The minimum atomic E-state index is -0.450. The largest absolute Gasteiger partial charge is 0.450 e. The monoisotopic (exact) mass is 424 g/mol. The number of hydrogen-bond donors (Lipinski definition) is 2. The SMILES string of the molecule is CCOC(=O)N1CCN(C(=O)C(C)n2cc(NC(=S)NC(C)CC)c(C)n2)CC1. The second kappa shape index (κ2) is 10.4. The lowest BCUT2D eigenvalue weighted by Gasteiger charge is -2.35. The number of aryl methyl sites for hydroxylation is 1. The molecular weight excluding hydrogens is 392 g/mol. The number of ether oxygens (including phenoxy) is 1. The van der Waals surface area contributed by atoms with Crippen molar-refractivity contribution in [1.82, 2.24) is 24.9 Å². The molecule has 9 nitrogen and oxygen atoms in total. The molecule has 0 bridgehead atoms. The smallest absolute Gasteiger partial charge is 0.409 e. The summed E-state index contributed by atoms with van der Waals surface area (Å²) in [4.78, 5) is 28.1. The molecule has 0 radical (unpaired) electrons. The van der Waals surface area contributed by atoms with Crippen molar-refractivity contribution in [2.45, 2.75) is 53.1 Å². The Balaban J connectivity index is 1.95. The fourth-order valence-corrected chi connectivity index (χ4v) is 3.30. The molecule has 2 atom stereocenters. The third-order valence-corrected chi connectivity index (χ3v) is 5.25. The molecule has 2 N–H and O–H groups in total. The maximum Gasteiger partial charge on any atom is 0.409 e. The van der Waals surface area contributed by atoms with Crippen LogP contribution in [-0.2, 0) is 9.53 Å². The van der Waals surface area contributed by atoms with E-state index in [9.17, 15) is 9.59 Å². The zero-order valence-corrected chi connectivity index (χ0v) is 18.7. The minimum Gasteiger partial charge on any atom is -0.450 e. The van der Waals surface area contributed by atoms with Crippen LogP contribution >= 0.6 is 12.2 Å². The van der Waals surface area contributed by atoms with Gasteiger partial charge in [-0.2, -0.15) is 5.10 Å².